The van der Waals surface area contributed by atoms with Crippen LogP contribution in [0.1, 0.15) is 54.9 Å². The number of carbonyl (C=O) groups excluding carboxylic acids is 2. The third-order valence-corrected chi connectivity index (χ3v) is 5.22. The monoisotopic (exact) mass is 408 g/mol. The molecule has 30 heavy (non-hydrogen) atoms. The van der Waals surface area contributed by atoms with Crippen LogP contribution in [0.5, 0.6) is 0 Å². The van der Waals surface area contributed by atoms with Crippen molar-refractivity contribution < 1.29 is 14.5 Å². The van der Waals surface area contributed by atoms with E-state index in [0.717, 1.165) is 31.2 Å². The van der Waals surface area contributed by atoms with Gasteiger partial charge in [-0.1, -0.05) is 43.5 Å². The van der Waals surface area contributed by atoms with Gasteiger partial charge in [-0.05, 0) is 43.5 Å². The lowest BCUT2D eigenvalue weighted by Gasteiger charge is -2.20. The molecule has 8 heteroatoms. The van der Waals surface area contributed by atoms with Gasteiger partial charge in [-0.25, -0.2) is 5.43 Å². The minimum Gasteiger partial charge on any atom is -0.326 e. The molecule has 1 aliphatic carbocycles. The number of nitrogens with one attached hydrogen (secondary N) is 2. The van der Waals surface area contributed by atoms with E-state index in [-0.39, 0.29) is 23.1 Å². The minimum atomic E-state index is -0.655. The maximum atomic E-state index is 12.3. The van der Waals surface area contributed by atoms with Crippen LogP contribution < -0.4 is 10.7 Å². The van der Waals surface area contributed by atoms with E-state index in [0.29, 0.717) is 11.4 Å². The number of hydrogen-bond acceptors (Lipinski definition) is 5. The number of nitro groups is 1. The van der Waals surface area contributed by atoms with E-state index in [9.17, 15) is 19.7 Å². The Labute approximate surface area is 174 Å². The summed E-state index contributed by atoms with van der Waals surface area (Å²) in [6.45, 7) is 1.72. The Morgan fingerprint density at radius 1 is 1.03 bits per heavy atom. The summed E-state index contributed by atoms with van der Waals surface area (Å²) in [5.74, 6) is -0.512. The van der Waals surface area contributed by atoms with E-state index < -0.39 is 10.8 Å². The molecule has 2 N–H and O–H groups in total. The van der Waals surface area contributed by atoms with Crippen molar-refractivity contribution in [1.29, 1.82) is 0 Å². The van der Waals surface area contributed by atoms with E-state index in [1.165, 1.54) is 24.6 Å². The highest BCUT2D eigenvalue weighted by Gasteiger charge is 2.21. The zero-order valence-electron chi connectivity index (χ0n) is 16.8. The molecule has 0 bridgehead atoms. The molecule has 0 aliphatic heterocycles. The van der Waals surface area contributed by atoms with E-state index in [4.69, 9.17) is 0 Å². The second-order valence-corrected chi connectivity index (χ2v) is 7.31. The van der Waals surface area contributed by atoms with E-state index >= 15 is 0 Å². The highest BCUT2D eigenvalue weighted by atomic mass is 16.6. The Balaban J connectivity index is 1.62. The number of para-hydroxylation sites is 1. The summed E-state index contributed by atoms with van der Waals surface area (Å²) in [5, 5.41) is 18.1. The van der Waals surface area contributed by atoms with Crippen LogP contribution in [0.15, 0.2) is 53.6 Å². The summed E-state index contributed by atoms with van der Waals surface area (Å²) in [7, 11) is 0. The summed E-state index contributed by atoms with van der Waals surface area (Å²) in [6, 6.07) is 12.9. The second-order valence-electron chi connectivity index (χ2n) is 7.31. The molecule has 156 valence electrons. The van der Waals surface area contributed by atoms with Crippen molar-refractivity contribution in [3.8, 4) is 0 Å². The van der Waals surface area contributed by atoms with Gasteiger partial charge in [-0.15, -0.1) is 0 Å². The van der Waals surface area contributed by atoms with Crippen molar-refractivity contribution in [3.05, 3.63) is 69.8 Å². The molecule has 0 atom stereocenters. The van der Waals surface area contributed by atoms with Gasteiger partial charge >= 0.3 is 0 Å². The SMILES string of the molecule is CC(=NNC(=O)c1ccccc1[N+](=O)[O-])c1ccc(NC(=O)C2CCCCC2)cc1. The summed E-state index contributed by atoms with van der Waals surface area (Å²) in [5.41, 5.74) is 4.03. The molecule has 0 heterocycles. The average Bonchev–Trinajstić information content (AvgIpc) is 2.78. The average molecular weight is 408 g/mol. The molecule has 2 aromatic rings. The van der Waals surface area contributed by atoms with Gasteiger partial charge in [0.05, 0.1) is 10.6 Å². The van der Waals surface area contributed by atoms with Gasteiger partial charge in [0, 0.05) is 17.7 Å². The van der Waals surface area contributed by atoms with Gasteiger partial charge in [0.2, 0.25) is 5.91 Å². The standard InChI is InChI=1S/C22H24N4O4/c1-15(24-25-22(28)19-9-5-6-10-20(19)26(29)30)16-11-13-18(14-12-16)23-21(27)17-7-3-2-4-8-17/h5-6,9-14,17H,2-4,7-8H2,1H3,(H,23,27)(H,25,28). The molecular weight excluding hydrogens is 384 g/mol. The molecule has 0 saturated heterocycles. The fraction of sp³-hybridized carbons (Fsp3) is 0.318. The number of hydrogen-bond donors (Lipinski definition) is 2. The number of benzene rings is 2. The quantitative estimate of drug-likeness (QED) is 0.422. The number of hydrazone groups is 1. The third-order valence-electron chi connectivity index (χ3n) is 5.22. The van der Waals surface area contributed by atoms with Crippen molar-refractivity contribution in [2.24, 2.45) is 11.0 Å². The summed E-state index contributed by atoms with van der Waals surface area (Å²) >= 11 is 0. The molecule has 1 fully saturated rings. The van der Waals surface area contributed by atoms with E-state index in [1.807, 2.05) is 0 Å². The molecular formula is C22H24N4O4. The highest BCUT2D eigenvalue weighted by molar-refractivity contribution is 6.02. The smallest absolute Gasteiger partial charge is 0.282 e. The van der Waals surface area contributed by atoms with Crippen LogP contribution in [0.25, 0.3) is 0 Å². The lowest BCUT2D eigenvalue weighted by atomic mass is 9.88. The van der Waals surface area contributed by atoms with Crippen molar-refractivity contribution in [2.45, 2.75) is 39.0 Å². The number of anilines is 1. The fourth-order valence-corrected chi connectivity index (χ4v) is 3.49. The van der Waals surface area contributed by atoms with Crippen molar-refractivity contribution in [1.82, 2.24) is 5.43 Å². The Kier molecular flexibility index (Phi) is 6.90. The highest BCUT2D eigenvalue weighted by Crippen LogP contribution is 2.25. The zero-order chi connectivity index (χ0) is 21.5. The fourth-order valence-electron chi connectivity index (χ4n) is 3.49. The zero-order valence-corrected chi connectivity index (χ0v) is 16.8. The molecule has 1 aliphatic rings. The normalized spacial score (nSPS) is 14.8. The summed E-state index contributed by atoms with van der Waals surface area (Å²) < 4.78 is 0. The molecule has 1 saturated carbocycles. The predicted molar refractivity (Wildman–Crippen MR) is 114 cm³/mol. The Hall–Kier alpha value is -3.55. The van der Waals surface area contributed by atoms with Crippen LogP contribution in [-0.4, -0.2) is 22.4 Å². The van der Waals surface area contributed by atoms with Crippen molar-refractivity contribution >= 4 is 28.9 Å². The first-order chi connectivity index (χ1) is 14.5. The molecule has 0 spiro atoms. The molecule has 3 rings (SSSR count). The Morgan fingerprint density at radius 2 is 1.70 bits per heavy atom. The number of nitro benzene ring substituents is 1. The largest absolute Gasteiger partial charge is 0.326 e. The van der Waals surface area contributed by atoms with E-state index in [1.54, 1.807) is 37.3 Å². The van der Waals surface area contributed by atoms with Crippen molar-refractivity contribution in [2.75, 3.05) is 5.32 Å². The van der Waals surface area contributed by atoms with Crippen LogP contribution in [0.4, 0.5) is 11.4 Å². The predicted octanol–water partition coefficient (Wildman–Crippen LogP) is 4.27. The maximum Gasteiger partial charge on any atom is 0.282 e. The number of rotatable bonds is 6. The molecule has 0 unspecified atom stereocenters. The summed E-state index contributed by atoms with van der Waals surface area (Å²) in [6.07, 6.45) is 5.28. The lowest BCUT2D eigenvalue weighted by molar-refractivity contribution is -0.385. The molecule has 2 aromatic carbocycles. The van der Waals surface area contributed by atoms with Gasteiger partial charge in [-0.2, -0.15) is 5.10 Å². The summed E-state index contributed by atoms with van der Waals surface area (Å²) in [4.78, 5) is 35.1. The van der Waals surface area contributed by atoms with Crippen molar-refractivity contribution in [3.63, 3.8) is 0 Å². The topological polar surface area (TPSA) is 114 Å². The number of nitrogens with zero attached hydrogens (tertiary/aromatic N) is 2. The Bertz CT molecular complexity index is 963. The lowest BCUT2D eigenvalue weighted by Crippen LogP contribution is -2.24. The minimum absolute atomic E-state index is 0.0557. The molecule has 8 nitrogen and oxygen atoms in total. The van der Waals surface area contributed by atoms with Crippen LogP contribution in [0.2, 0.25) is 0 Å². The van der Waals surface area contributed by atoms with E-state index in [2.05, 4.69) is 15.8 Å². The van der Waals surface area contributed by atoms with Gasteiger partial charge < -0.3 is 5.32 Å². The third kappa shape index (κ3) is 5.28. The maximum absolute atomic E-state index is 12.3. The second kappa shape index (κ2) is 9.78. The van der Waals surface area contributed by atoms with Gasteiger partial charge in [0.1, 0.15) is 5.56 Å². The first-order valence-electron chi connectivity index (χ1n) is 9.95. The van der Waals surface area contributed by atoms with Crippen LogP contribution >= 0.6 is 0 Å². The molecule has 0 aromatic heterocycles. The molecule has 2 amide bonds. The first-order valence-corrected chi connectivity index (χ1v) is 9.95. The number of amides is 2. The van der Waals surface area contributed by atoms with Crippen LogP contribution in [0.3, 0.4) is 0 Å². The number of carbonyl (C=O) groups is 2. The van der Waals surface area contributed by atoms with Gasteiger partial charge in [-0.3, -0.25) is 19.7 Å². The van der Waals surface area contributed by atoms with Gasteiger partial charge in [0.15, 0.2) is 0 Å². The Morgan fingerprint density at radius 3 is 2.37 bits per heavy atom. The van der Waals surface area contributed by atoms with Crippen LogP contribution in [0, 0.1) is 16.0 Å². The molecule has 0 radical (unpaired) electrons. The van der Waals surface area contributed by atoms with Crippen LogP contribution in [-0.2, 0) is 4.79 Å². The first kappa shape index (κ1) is 21.2. The van der Waals surface area contributed by atoms with Gasteiger partial charge in [0.25, 0.3) is 11.6 Å².